The van der Waals surface area contributed by atoms with E-state index in [-0.39, 0.29) is 16.6 Å². The number of carbonyl (C=O) groups excluding carboxylic acids is 1. The summed E-state index contributed by atoms with van der Waals surface area (Å²) in [6.07, 6.45) is 3.43. The number of rotatable bonds is 4. The number of sulfone groups is 1. The summed E-state index contributed by atoms with van der Waals surface area (Å²) < 4.78 is 23.7. The van der Waals surface area contributed by atoms with E-state index in [0.717, 1.165) is 36.5 Å². The summed E-state index contributed by atoms with van der Waals surface area (Å²) in [4.78, 5) is 14.2. The smallest absolute Gasteiger partial charge is 0.234 e. The van der Waals surface area contributed by atoms with Crippen molar-refractivity contribution >= 4 is 49.7 Å². The fourth-order valence-corrected chi connectivity index (χ4v) is 3.84. The minimum absolute atomic E-state index is 0.186. The predicted molar refractivity (Wildman–Crippen MR) is 94.0 cm³/mol. The van der Waals surface area contributed by atoms with Crippen molar-refractivity contribution in [2.45, 2.75) is 17.7 Å². The molecule has 0 bridgehead atoms. The lowest BCUT2D eigenvalue weighted by Crippen LogP contribution is -2.25. The average molecular weight is 359 g/mol. The second kappa shape index (κ2) is 7.43. The third-order valence-corrected chi connectivity index (χ3v) is 5.87. The van der Waals surface area contributed by atoms with Crippen molar-refractivity contribution in [1.29, 1.82) is 0 Å². The first-order valence-corrected chi connectivity index (χ1v) is 10.2. The Bertz CT molecular complexity index is 668. The molecule has 1 aromatic rings. The molecule has 1 heterocycles. The van der Waals surface area contributed by atoms with Gasteiger partial charge in [0, 0.05) is 25.0 Å². The van der Waals surface area contributed by atoms with Gasteiger partial charge in [0.05, 0.1) is 10.6 Å². The Morgan fingerprint density at radius 1 is 1.36 bits per heavy atom. The number of carbonyl (C=O) groups is 1. The van der Waals surface area contributed by atoms with Crippen LogP contribution in [0.4, 0.5) is 5.69 Å². The summed E-state index contributed by atoms with van der Waals surface area (Å²) in [5.41, 5.74) is 0.473. The van der Waals surface area contributed by atoms with Crippen molar-refractivity contribution < 1.29 is 13.2 Å². The molecule has 1 N–H and O–H groups in total. The molecule has 5 nitrogen and oxygen atoms in total. The Hall–Kier alpha value is -1.12. The number of nitrogens with zero attached hydrogens (tertiary/aromatic N) is 1. The fraction of sp³-hybridized carbons (Fsp3) is 0.429. The molecule has 1 amide bonds. The van der Waals surface area contributed by atoms with E-state index in [0.29, 0.717) is 5.69 Å². The topological polar surface area (TPSA) is 66.5 Å². The second-order valence-corrected chi connectivity index (χ2v) is 8.72. The van der Waals surface area contributed by atoms with E-state index in [1.54, 1.807) is 12.1 Å². The van der Waals surface area contributed by atoms with Gasteiger partial charge in [-0.15, -0.1) is 0 Å². The van der Waals surface area contributed by atoms with Gasteiger partial charge in [-0.25, -0.2) is 8.42 Å². The van der Waals surface area contributed by atoms with Crippen LogP contribution in [0.1, 0.15) is 12.8 Å². The van der Waals surface area contributed by atoms with Crippen LogP contribution in [-0.2, 0) is 14.6 Å². The van der Waals surface area contributed by atoms with E-state index < -0.39 is 9.84 Å². The first-order valence-electron chi connectivity index (χ1n) is 6.88. The molecule has 0 atom stereocenters. The lowest BCUT2D eigenvalue weighted by Gasteiger charge is -2.17. The number of thiocarbonyl (C=S) groups is 1. The molecule has 22 heavy (non-hydrogen) atoms. The Kier molecular flexibility index (Phi) is 5.82. The molecule has 1 aliphatic heterocycles. The van der Waals surface area contributed by atoms with Crippen molar-refractivity contribution in [3.8, 4) is 0 Å². The monoisotopic (exact) mass is 358 g/mol. The molecule has 120 valence electrons. The van der Waals surface area contributed by atoms with Crippen LogP contribution in [0.2, 0.25) is 0 Å². The molecule has 1 fully saturated rings. The highest BCUT2D eigenvalue weighted by atomic mass is 32.2. The van der Waals surface area contributed by atoms with Gasteiger partial charge in [-0.1, -0.05) is 30.0 Å². The van der Waals surface area contributed by atoms with Gasteiger partial charge < -0.3 is 10.2 Å². The third-order valence-electron chi connectivity index (χ3n) is 3.24. The number of nitrogens with one attached hydrogen (secondary N) is 1. The lowest BCUT2D eigenvalue weighted by molar-refractivity contribution is -0.113. The summed E-state index contributed by atoms with van der Waals surface area (Å²) in [5.74, 6) is 0.0236. The summed E-state index contributed by atoms with van der Waals surface area (Å²) in [5, 5.41) is 2.70. The molecule has 2 rings (SSSR count). The molecule has 0 spiro atoms. The second-order valence-electron chi connectivity index (χ2n) is 5.10. The standard InChI is InChI=1S/C14H18N2O3S3/c1-22(18,19)12-6-4-5-11(9-12)15-13(17)10-21-14(20)16-7-2-3-8-16/h4-6,9H,2-3,7-8,10H2,1H3,(H,15,17). The van der Waals surface area contributed by atoms with Crippen LogP contribution in [0.3, 0.4) is 0 Å². The van der Waals surface area contributed by atoms with Gasteiger partial charge in [0.1, 0.15) is 4.32 Å². The van der Waals surface area contributed by atoms with Crippen LogP contribution in [-0.4, -0.2) is 48.6 Å². The van der Waals surface area contributed by atoms with Crippen LogP contribution < -0.4 is 5.32 Å². The quantitative estimate of drug-likeness (QED) is 0.832. The summed E-state index contributed by atoms with van der Waals surface area (Å²) in [6, 6.07) is 6.23. The zero-order chi connectivity index (χ0) is 16.2. The molecule has 0 unspecified atom stereocenters. The number of likely N-dealkylation sites (tertiary alicyclic amines) is 1. The highest BCUT2D eigenvalue weighted by molar-refractivity contribution is 8.23. The number of amides is 1. The summed E-state index contributed by atoms with van der Waals surface area (Å²) in [6.45, 7) is 1.92. The van der Waals surface area contributed by atoms with Crippen molar-refractivity contribution in [3.05, 3.63) is 24.3 Å². The maximum Gasteiger partial charge on any atom is 0.234 e. The summed E-state index contributed by atoms with van der Waals surface area (Å²) in [7, 11) is -3.28. The average Bonchev–Trinajstić information content (AvgIpc) is 2.98. The Labute approximate surface area is 140 Å². The summed E-state index contributed by atoms with van der Waals surface area (Å²) >= 11 is 6.63. The van der Waals surface area contributed by atoms with E-state index in [2.05, 4.69) is 10.2 Å². The van der Waals surface area contributed by atoms with E-state index in [9.17, 15) is 13.2 Å². The van der Waals surface area contributed by atoms with E-state index >= 15 is 0 Å². The van der Waals surface area contributed by atoms with Gasteiger partial charge in [-0.3, -0.25) is 4.79 Å². The van der Waals surface area contributed by atoms with Crippen LogP contribution in [0.25, 0.3) is 0 Å². The van der Waals surface area contributed by atoms with Gasteiger partial charge >= 0.3 is 0 Å². The van der Waals surface area contributed by atoms with E-state index in [4.69, 9.17) is 12.2 Å². The third kappa shape index (κ3) is 4.96. The molecule has 1 aromatic carbocycles. The normalized spacial score (nSPS) is 14.9. The maximum absolute atomic E-state index is 11.9. The zero-order valence-corrected chi connectivity index (χ0v) is 14.7. The van der Waals surface area contributed by atoms with Crippen molar-refractivity contribution in [2.75, 3.05) is 30.4 Å². The fourth-order valence-electron chi connectivity index (χ4n) is 2.12. The van der Waals surface area contributed by atoms with Crippen molar-refractivity contribution in [2.24, 2.45) is 0 Å². The van der Waals surface area contributed by atoms with E-state index in [1.165, 1.54) is 23.9 Å². The van der Waals surface area contributed by atoms with E-state index in [1.807, 2.05) is 0 Å². The largest absolute Gasteiger partial charge is 0.358 e. The van der Waals surface area contributed by atoms with Gasteiger partial charge in [-0.2, -0.15) is 0 Å². The minimum Gasteiger partial charge on any atom is -0.358 e. The lowest BCUT2D eigenvalue weighted by atomic mass is 10.3. The molecular formula is C14H18N2O3S3. The first-order chi connectivity index (χ1) is 10.4. The van der Waals surface area contributed by atoms with Gasteiger partial charge in [0.25, 0.3) is 0 Å². The Morgan fingerprint density at radius 2 is 2.05 bits per heavy atom. The molecule has 1 saturated heterocycles. The highest BCUT2D eigenvalue weighted by Gasteiger charge is 2.16. The zero-order valence-electron chi connectivity index (χ0n) is 12.2. The molecule has 8 heteroatoms. The minimum atomic E-state index is -3.28. The van der Waals surface area contributed by atoms with Crippen LogP contribution >= 0.6 is 24.0 Å². The predicted octanol–water partition coefficient (Wildman–Crippen LogP) is 2.14. The number of hydrogen-bond donors (Lipinski definition) is 1. The Balaban J connectivity index is 1.88. The van der Waals surface area contributed by atoms with Crippen molar-refractivity contribution in [1.82, 2.24) is 4.90 Å². The number of benzene rings is 1. The highest BCUT2D eigenvalue weighted by Crippen LogP contribution is 2.18. The molecule has 0 radical (unpaired) electrons. The van der Waals surface area contributed by atoms with Crippen LogP contribution in [0.5, 0.6) is 0 Å². The SMILES string of the molecule is CS(=O)(=O)c1cccc(NC(=O)CSC(=S)N2CCCC2)c1. The number of thioether (sulfide) groups is 1. The van der Waals surface area contributed by atoms with Crippen LogP contribution in [0, 0.1) is 0 Å². The molecule has 0 saturated carbocycles. The number of hydrogen-bond acceptors (Lipinski definition) is 5. The van der Waals surface area contributed by atoms with Crippen molar-refractivity contribution in [3.63, 3.8) is 0 Å². The number of anilines is 1. The van der Waals surface area contributed by atoms with Gasteiger partial charge in [0.15, 0.2) is 9.84 Å². The first kappa shape index (κ1) is 17.2. The maximum atomic E-state index is 11.9. The molecule has 1 aliphatic rings. The van der Waals surface area contributed by atoms with Gasteiger partial charge in [-0.05, 0) is 31.0 Å². The molecular weight excluding hydrogens is 340 g/mol. The Morgan fingerprint density at radius 3 is 2.68 bits per heavy atom. The molecule has 0 aliphatic carbocycles. The molecule has 0 aromatic heterocycles. The van der Waals surface area contributed by atoms with Gasteiger partial charge in [0.2, 0.25) is 5.91 Å². The van der Waals surface area contributed by atoms with Crippen LogP contribution in [0.15, 0.2) is 29.2 Å².